The summed E-state index contributed by atoms with van der Waals surface area (Å²) in [6.45, 7) is 2.12. The van der Waals surface area contributed by atoms with Gasteiger partial charge in [0.1, 0.15) is 0 Å². The van der Waals surface area contributed by atoms with E-state index in [2.05, 4.69) is 15.6 Å². The first kappa shape index (κ1) is 13.0. The SMILES string of the molecule is O=C(NCCCCn1ccnc1)C1CC(O)CN1. The Bertz CT molecular complexity index is 366. The number of β-amino-alcohol motifs (C(OH)–C–C–N with tert-alkyl or cyclic N) is 1. The number of hydrogen-bond donors (Lipinski definition) is 3. The molecule has 100 valence electrons. The minimum atomic E-state index is -0.387. The third-order valence-corrected chi connectivity index (χ3v) is 3.13. The fourth-order valence-corrected chi connectivity index (χ4v) is 2.09. The average molecular weight is 252 g/mol. The van der Waals surface area contributed by atoms with Crippen molar-refractivity contribution >= 4 is 5.91 Å². The molecule has 2 rings (SSSR count). The second-order valence-electron chi connectivity index (χ2n) is 4.65. The van der Waals surface area contributed by atoms with E-state index in [1.54, 1.807) is 12.5 Å². The van der Waals surface area contributed by atoms with Crippen LogP contribution in [-0.4, -0.2) is 45.8 Å². The second kappa shape index (κ2) is 6.51. The van der Waals surface area contributed by atoms with Gasteiger partial charge in [0.2, 0.25) is 5.91 Å². The maximum absolute atomic E-state index is 11.7. The number of aliphatic hydroxyl groups excluding tert-OH is 1. The normalized spacial score (nSPS) is 23.2. The van der Waals surface area contributed by atoms with Gasteiger partial charge >= 0.3 is 0 Å². The second-order valence-corrected chi connectivity index (χ2v) is 4.65. The van der Waals surface area contributed by atoms with E-state index < -0.39 is 0 Å². The molecule has 2 heterocycles. The summed E-state index contributed by atoms with van der Waals surface area (Å²) in [7, 11) is 0. The molecule has 0 aliphatic carbocycles. The quantitative estimate of drug-likeness (QED) is 0.597. The van der Waals surface area contributed by atoms with Gasteiger partial charge in [-0.25, -0.2) is 4.98 Å². The van der Waals surface area contributed by atoms with Crippen molar-refractivity contribution in [2.24, 2.45) is 0 Å². The number of carbonyl (C=O) groups excluding carboxylic acids is 1. The van der Waals surface area contributed by atoms with Crippen molar-refractivity contribution in [3.8, 4) is 0 Å². The Kier molecular flexibility index (Phi) is 4.72. The van der Waals surface area contributed by atoms with Crippen LogP contribution in [0, 0.1) is 0 Å². The molecule has 6 heteroatoms. The first-order chi connectivity index (χ1) is 8.75. The van der Waals surface area contributed by atoms with Crippen LogP contribution >= 0.6 is 0 Å². The number of aliphatic hydroxyl groups is 1. The average Bonchev–Trinajstić information content (AvgIpc) is 2.99. The van der Waals surface area contributed by atoms with Gasteiger partial charge in [0, 0.05) is 32.0 Å². The van der Waals surface area contributed by atoms with E-state index in [4.69, 9.17) is 0 Å². The Balaban J connectivity index is 1.54. The number of rotatable bonds is 6. The molecule has 1 aromatic heterocycles. The van der Waals surface area contributed by atoms with Crippen LogP contribution < -0.4 is 10.6 Å². The van der Waals surface area contributed by atoms with Crippen LogP contribution in [0.2, 0.25) is 0 Å². The molecule has 0 aromatic carbocycles. The van der Waals surface area contributed by atoms with Crippen molar-refractivity contribution in [3.63, 3.8) is 0 Å². The molecule has 1 saturated heterocycles. The molecular formula is C12H20N4O2. The summed E-state index contributed by atoms with van der Waals surface area (Å²) in [4.78, 5) is 15.7. The van der Waals surface area contributed by atoms with Crippen LogP contribution in [0.3, 0.4) is 0 Å². The Morgan fingerprint density at radius 2 is 2.44 bits per heavy atom. The van der Waals surface area contributed by atoms with Gasteiger partial charge in [-0.2, -0.15) is 0 Å². The molecule has 6 nitrogen and oxygen atoms in total. The molecule has 1 aliphatic rings. The van der Waals surface area contributed by atoms with E-state index in [9.17, 15) is 9.90 Å². The summed E-state index contributed by atoms with van der Waals surface area (Å²) < 4.78 is 2.02. The summed E-state index contributed by atoms with van der Waals surface area (Å²) in [5, 5.41) is 15.2. The first-order valence-electron chi connectivity index (χ1n) is 6.40. The number of unbranched alkanes of at least 4 members (excludes halogenated alkanes) is 1. The van der Waals surface area contributed by atoms with Gasteiger partial charge in [0.25, 0.3) is 0 Å². The molecule has 18 heavy (non-hydrogen) atoms. The highest BCUT2D eigenvalue weighted by Gasteiger charge is 2.27. The molecule has 0 radical (unpaired) electrons. The van der Waals surface area contributed by atoms with Crippen LogP contribution in [0.1, 0.15) is 19.3 Å². The van der Waals surface area contributed by atoms with Crippen molar-refractivity contribution < 1.29 is 9.90 Å². The molecule has 1 aromatic rings. The number of aromatic nitrogens is 2. The molecule has 0 saturated carbocycles. The number of aryl methyl sites for hydroxylation is 1. The van der Waals surface area contributed by atoms with Gasteiger partial charge in [0.15, 0.2) is 0 Å². The zero-order valence-corrected chi connectivity index (χ0v) is 10.4. The third kappa shape index (κ3) is 3.82. The molecule has 1 fully saturated rings. The van der Waals surface area contributed by atoms with E-state index in [1.807, 2.05) is 10.8 Å². The number of nitrogens with one attached hydrogen (secondary N) is 2. The van der Waals surface area contributed by atoms with Crippen molar-refractivity contribution in [3.05, 3.63) is 18.7 Å². The molecule has 2 atom stereocenters. The van der Waals surface area contributed by atoms with E-state index in [-0.39, 0.29) is 18.1 Å². The fraction of sp³-hybridized carbons (Fsp3) is 0.667. The minimum Gasteiger partial charge on any atom is -0.392 e. The Morgan fingerprint density at radius 3 is 3.11 bits per heavy atom. The third-order valence-electron chi connectivity index (χ3n) is 3.13. The molecule has 2 unspecified atom stereocenters. The molecule has 0 spiro atoms. The number of imidazole rings is 1. The molecular weight excluding hydrogens is 232 g/mol. The van der Waals surface area contributed by atoms with Crippen LogP contribution in [0.25, 0.3) is 0 Å². The topological polar surface area (TPSA) is 79.2 Å². The molecule has 1 aliphatic heterocycles. The standard InChI is InChI=1S/C12H20N4O2/c17-10-7-11(15-8-10)12(18)14-3-1-2-5-16-6-4-13-9-16/h4,6,9-11,15,17H,1-3,5,7-8H2,(H,14,18). The Labute approximate surface area is 106 Å². The highest BCUT2D eigenvalue weighted by atomic mass is 16.3. The van der Waals surface area contributed by atoms with E-state index in [1.165, 1.54) is 0 Å². The van der Waals surface area contributed by atoms with E-state index in [0.29, 0.717) is 19.5 Å². The maximum Gasteiger partial charge on any atom is 0.237 e. The molecule has 1 amide bonds. The lowest BCUT2D eigenvalue weighted by atomic mass is 10.2. The van der Waals surface area contributed by atoms with Crippen molar-refractivity contribution in [2.45, 2.75) is 38.0 Å². The summed E-state index contributed by atoms with van der Waals surface area (Å²) in [6, 6.07) is -0.228. The van der Waals surface area contributed by atoms with Crippen LogP contribution in [0.5, 0.6) is 0 Å². The van der Waals surface area contributed by atoms with Crippen LogP contribution in [-0.2, 0) is 11.3 Å². The zero-order valence-electron chi connectivity index (χ0n) is 10.4. The monoisotopic (exact) mass is 252 g/mol. The minimum absolute atomic E-state index is 0.00539. The van der Waals surface area contributed by atoms with Gasteiger partial charge in [-0.1, -0.05) is 0 Å². The van der Waals surface area contributed by atoms with Crippen molar-refractivity contribution in [1.29, 1.82) is 0 Å². The predicted octanol–water partition coefficient (Wildman–Crippen LogP) is -0.498. The fourth-order valence-electron chi connectivity index (χ4n) is 2.09. The summed E-state index contributed by atoms with van der Waals surface area (Å²) in [6.07, 6.45) is 7.57. The van der Waals surface area contributed by atoms with Crippen LogP contribution in [0.4, 0.5) is 0 Å². The molecule has 3 N–H and O–H groups in total. The lowest BCUT2D eigenvalue weighted by molar-refractivity contribution is -0.122. The number of hydrogen-bond acceptors (Lipinski definition) is 4. The van der Waals surface area contributed by atoms with Gasteiger partial charge in [0.05, 0.1) is 18.5 Å². The smallest absolute Gasteiger partial charge is 0.237 e. The van der Waals surface area contributed by atoms with E-state index >= 15 is 0 Å². The predicted molar refractivity (Wildman–Crippen MR) is 66.9 cm³/mol. The number of carbonyl (C=O) groups is 1. The summed E-state index contributed by atoms with van der Waals surface area (Å²) >= 11 is 0. The highest BCUT2D eigenvalue weighted by molar-refractivity contribution is 5.82. The lowest BCUT2D eigenvalue weighted by Gasteiger charge is -2.10. The number of amides is 1. The largest absolute Gasteiger partial charge is 0.392 e. The van der Waals surface area contributed by atoms with Crippen LogP contribution in [0.15, 0.2) is 18.7 Å². The molecule has 0 bridgehead atoms. The van der Waals surface area contributed by atoms with Gasteiger partial charge < -0.3 is 20.3 Å². The summed E-state index contributed by atoms with van der Waals surface area (Å²) in [5.74, 6) is -0.00539. The Morgan fingerprint density at radius 1 is 1.56 bits per heavy atom. The van der Waals surface area contributed by atoms with Gasteiger partial charge in [-0.15, -0.1) is 0 Å². The van der Waals surface area contributed by atoms with Crippen molar-refractivity contribution in [1.82, 2.24) is 20.2 Å². The first-order valence-corrected chi connectivity index (χ1v) is 6.40. The van der Waals surface area contributed by atoms with Gasteiger partial charge in [-0.3, -0.25) is 4.79 Å². The Hall–Kier alpha value is -1.40. The number of nitrogens with zero attached hydrogens (tertiary/aromatic N) is 2. The van der Waals surface area contributed by atoms with Gasteiger partial charge in [-0.05, 0) is 19.3 Å². The van der Waals surface area contributed by atoms with Crippen molar-refractivity contribution in [2.75, 3.05) is 13.1 Å². The highest BCUT2D eigenvalue weighted by Crippen LogP contribution is 2.06. The zero-order chi connectivity index (χ0) is 12.8. The maximum atomic E-state index is 11.7. The lowest BCUT2D eigenvalue weighted by Crippen LogP contribution is -2.40. The summed E-state index contributed by atoms with van der Waals surface area (Å²) in [5.41, 5.74) is 0. The van der Waals surface area contributed by atoms with E-state index in [0.717, 1.165) is 19.4 Å².